The number of fused-ring (bicyclic) bond motifs is 1. The molecule has 0 aliphatic rings. The van der Waals surface area contributed by atoms with Crippen molar-refractivity contribution < 1.29 is 0 Å². The van der Waals surface area contributed by atoms with Gasteiger partial charge in [0.15, 0.2) is 0 Å². The molecule has 2 aromatic heterocycles. The second kappa shape index (κ2) is 4.33. The van der Waals surface area contributed by atoms with Gasteiger partial charge in [-0.25, -0.2) is 9.97 Å². The lowest BCUT2D eigenvalue weighted by molar-refractivity contribution is 1.16. The van der Waals surface area contributed by atoms with Gasteiger partial charge in [-0.15, -0.1) is 11.3 Å². The molecule has 0 atom stereocenters. The second-order valence-corrected chi connectivity index (χ2v) is 3.77. The molecule has 0 N–H and O–H groups in total. The van der Waals surface area contributed by atoms with Gasteiger partial charge in [0, 0.05) is 16.0 Å². The van der Waals surface area contributed by atoms with Gasteiger partial charge >= 0.3 is 0 Å². The second-order valence-electron chi connectivity index (χ2n) is 2.53. The van der Waals surface area contributed by atoms with Gasteiger partial charge in [0.1, 0.15) is 11.2 Å². The standard InChI is InChI=1S/C8H8N2S.C2H6/c1-5-3-7-6(2)9-4-10-8(7)11-5;1-2/h3-4H,1-2H3;1-2H3. The van der Waals surface area contributed by atoms with Gasteiger partial charge in [0.05, 0.1) is 0 Å². The third-order valence-electron chi connectivity index (χ3n) is 1.65. The van der Waals surface area contributed by atoms with E-state index in [-0.39, 0.29) is 0 Å². The lowest BCUT2D eigenvalue weighted by Crippen LogP contribution is -1.81. The Labute approximate surface area is 82.7 Å². The molecule has 0 saturated heterocycles. The van der Waals surface area contributed by atoms with Gasteiger partial charge < -0.3 is 0 Å². The topological polar surface area (TPSA) is 25.8 Å². The lowest BCUT2D eigenvalue weighted by atomic mass is 10.3. The summed E-state index contributed by atoms with van der Waals surface area (Å²) in [6.45, 7) is 8.10. The maximum Gasteiger partial charge on any atom is 0.127 e. The number of rotatable bonds is 0. The number of hydrogen-bond donors (Lipinski definition) is 0. The summed E-state index contributed by atoms with van der Waals surface area (Å²) >= 11 is 1.72. The van der Waals surface area contributed by atoms with Crippen LogP contribution in [0.1, 0.15) is 24.4 Å². The predicted octanol–water partition coefficient (Wildman–Crippen LogP) is 3.33. The molecule has 2 heterocycles. The Morgan fingerprint density at radius 2 is 1.85 bits per heavy atom. The van der Waals surface area contributed by atoms with Crippen molar-refractivity contribution in [2.75, 3.05) is 0 Å². The minimum Gasteiger partial charge on any atom is -0.241 e. The summed E-state index contributed by atoms with van der Waals surface area (Å²) in [4.78, 5) is 10.7. The molecule has 2 aromatic rings. The van der Waals surface area contributed by atoms with E-state index in [2.05, 4.69) is 23.0 Å². The van der Waals surface area contributed by atoms with E-state index < -0.39 is 0 Å². The van der Waals surface area contributed by atoms with Crippen LogP contribution in [0.3, 0.4) is 0 Å². The van der Waals surface area contributed by atoms with Crippen molar-refractivity contribution in [3.63, 3.8) is 0 Å². The zero-order valence-corrected chi connectivity index (χ0v) is 9.27. The van der Waals surface area contributed by atoms with E-state index in [4.69, 9.17) is 0 Å². The maximum absolute atomic E-state index is 4.17. The van der Waals surface area contributed by atoms with Gasteiger partial charge in [-0.3, -0.25) is 0 Å². The molecule has 0 radical (unpaired) electrons. The molecule has 0 aliphatic carbocycles. The largest absolute Gasteiger partial charge is 0.241 e. The minimum atomic E-state index is 1.07. The molecule has 0 aromatic carbocycles. The van der Waals surface area contributed by atoms with Crippen LogP contribution in [0.2, 0.25) is 0 Å². The number of aryl methyl sites for hydroxylation is 2. The van der Waals surface area contributed by atoms with Crippen LogP contribution in [0, 0.1) is 13.8 Å². The first kappa shape index (κ1) is 10.1. The highest BCUT2D eigenvalue weighted by molar-refractivity contribution is 7.18. The van der Waals surface area contributed by atoms with Crippen LogP contribution >= 0.6 is 11.3 Å². The minimum absolute atomic E-state index is 1.07. The number of thiophene rings is 1. The molecule has 0 amide bonds. The highest BCUT2D eigenvalue weighted by Gasteiger charge is 2.01. The fraction of sp³-hybridized carbons (Fsp3) is 0.400. The first-order valence-corrected chi connectivity index (χ1v) is 5.27. The van der Waals surface area contributed by atoms with Crippen LogP contribution in [0.4, 0.5) is 0 Å². The van der Waals surface area contributed by atoms with Crippen LogP contribution in [0.25, 0.3) is 10.2 Å². The summed E-state index contributed by atoms with van der Waals surface area (Å²) in [5.41, 5.74) is 1.07. The Bertz CT molecular complexity index is 393. The highest BCUT2D eigenvalue weighted by Crippen LogP contribution is 2.23. The van der Waals surface area contributed by atoms with Gasteiger partial charge in [0.25, 0.3) is 0 Å². The van der Waals surface area contributed by atoms with Crippen LogP contribution in [0.15, 0.2) is 12.4 Å². The predicted molar refractivity (Wildman–Crippen MR) is 58.2 cm³/mol. The van der Waals surface area contributed by atoms with Crippen molar-refractivity contribution in [3.8, 4) is 0 Å². The molecule has 70 valence electrons. The number of aromatic nitrogens is 2. The molecule has 13 heavy (non-hydrogen) atoms. The smallest absolute Gasteiger partial charge is 0.127 e. The molecular formula is C10H14N2S. The summed E-state index contributed by atoms with van der Waals surface area (Å²) in [5.74, 6) is 0. The zero-order chi connectivity index (χ0) is 9.84. The first-order chi connectivity index (χ1) is 6.27. The Kier molecular flexibility index (Phi) is 3.37. The molecule has 3 heteroatoms. The van der Waals surface area contributed by atoms with Gasteiger partial charge in [0.2, 0.25) is 0 Å². The Morgan fingerprint density at radius 3 is 2.46 bits per heavy atom. The van der Waals surface area contributed by atoms with E-state index >= 15 is 0 Å². The zero-order valence-electron chi connectivity index (χ0n) is 8.46. The fourth-order valence-electron chi connectivity index (χ4n) is 1.09. The average Bonchev–Trinajstić information content (AvgIpc) is 2.51. The van der Waals surface area contributed by atoms with Crippen molar-refractivity contribution in [2.45, 2.75) is 27.7 Å². The molecule has 0 aliphatic heterocycles. The first-order valence-electron chi connectivity index (χ1n) is 4.45. The summed E-state index contributed by atoms with van der Waals surface area (Å²) in [6, 6.07) is 2.13. The van der Waals surface area contributed by atoms with Crippen LogP contribution in [-0.2, 0) is 0 Å². The van der Waals surface area contributed by atoms with Crippen molar-refractivity contribution in [2.24, 2.45) is 0 Å². The SMILES string of the molecule is CC.Cc1cc2c(C)ncnc2s1. The highest BCUT2D eigenvalue weighted by atomic mass is 32.1. The van der Waals surface area contributed by atoms with E-state index in [9.17, 15) is 0 Å². The average molecular weight is 194 g/mol. The Balaban J connectivity index is 0.000000396. The molecule has 0 spiro atoms. The van der Waals surface area contributed by atoms with E-state index in [0.29, 0.717) is 0 Å². The third-order valence-corrected chi connectivity index (χ3v) is 2.61. The molecule has 2 nitrogen and oxygen atoms in total. The molecule has 2 rings (SSSR count). The fourth-order valence-corrected chi connectivity index (χ4v) is 1.99. The van der Waals surface area contributed by atoms with Gasteiger partial charge in [-0.05, 0) is 19.9 Å². The van der Waals surface area contributed by atoms with E-state index in [0.717, 1.165) is 10.5 Å². The van der Waals surface area contributed by atoms with Crippen molar-refractivity contribution >= 4 is 21.6 Å². The number of nitrogens with zero attached hydrogens (tertiary/aromatic N) is 2. The summed E-state index contributed by atoms with van der Waals surface area (Å²) in [5, 5.41) is 1.19. The lowest BCUT2D eigenvalue weighted by Gasteiger charge is -1.89. The molecular weight excluding hydrogens is 180 g/mol. The Hall–Kier alpha value is -0.960. The van der Waals surface area contributed by atoms with Gasteiger partial charge in [-0.2, -0.15) is 0 Å². The maximum atomic E-state index is 4.17. The number of hydrogen-bond acceptors (Lipinski definition) is 3. The Morgan fingerprint density at radius 1 is 1.15 bits per heavy atom. The summed E-state index contributed by atoms with van der Waals surface area (Å²) in [6.07, 6.45) is 1.62. The quantitative estimate of drug-likeness (QED) is 0.643. The van der Waals surface area contributed by atoms with Gasteiger partial charge in [-0.1, -0.05) is 13.8 Å². The molecule has 0 bridgehead atoms. The van der Waals surface area contributed by atoms with Crippen molar-refractivity contribution in [1.82, 2.24) is 9.97 Å². The molecule has 0 unspecified atom stereocenters. The normalized spacial score (nSPS) is 9.54. The van der Waals surface area contributed by atoms with E-state index in [1.807, 2.05) is 20.8 Å². The van der Waals surface area contributed by atoms with E-state index in [1.165, 1.54) is 10.3 Å². The van der Waals surface area contributed by atoms with Crippen LogP contribution in [-0.4, -0.2) is 9.97 Å². The van der Waals surface area contributed by atoms with Crippen molar-refractivity contribution in [3.05, 3.63) is 23.0 Å². The monoisotopic (exact) mass is 194 g/mol. The third kappa shape index (κ3) is 2.04. The molecule has 0 saturated carbocycles. The van der Waals surface area contributed by atoms with Crippen molar-refractivity contribution in [1.29, 1.82) is 0 Å². The van der Waals surface area contributed by atoms with Crippen LogP contribution in [0.5, 0.6) is 0 Å². The summed E-state index contributed by atoms with van der Waals surface area (Å²) < 4.78 is 0. The van der Waals surface area contributed by atoms with E-state index in [1.54, 1.807) is 17.7 Å². The molecule has 0 fully saturated rings. The summed E-state index contributed by atoms with van der Waals surface area (Å²) in [7, 11) is 0. The van der Waals surface area contributed by atoms with Crippen LogP contribution < -0.4 is 0 Å².